The van der Waals surface area contributed by atoms with E-state index in [4.69, 9.17) is 4.74 Å². The first kappa shape index (κ1) is 18.0. The SMILES string of the molecule is COc1ccccc1CCNC(=O)c1cc(N2CCc3ccccc32)ncn1. The fraction of sp³-hybridized carbons (Fsp3) is 0.227. The molecule has 0 aliphatic carbocycles. The van der Waals surface area contributed by atoms with E-state index in [0.29, 0.717) is 18.7 Å². The molecule has 0 radical (unpaired) electrons. The van der Waals surface area contributed by atoms with Crippen molar-refractivity contribution < 1.29 is 9.53 Å². The Labute approximate surface area is 164 Å². The van der Waals surface area contributed by atoms with E-state index in [-0.39, 0.29) is 5.91 Å². The topological polar surface area (TPSA) is 67.3 Å². The van der Waals surface area contributed by atoms with Gasteiger partial charge in [-0.2, -0.15) is 0 Å². The second kappa shape index (κ2) is 8.08. The molecule has 1 aliphatic rings. The number of benzene rings is 2. The number of hydrogen-bond acceptors (Lipinski definition) is 5. The van der Waals surface area contributed by atoms with Gasteiger partial charge in [-0.1, -0.05) is 36.4 Å². The fourth-order valence-electron chi connectivity index (χ4n) is 3.51. The number of aromatic nitrogens is 2. The molecule has 2 heterocycles. The average Bonchev–Trinajstić information content (AvgIpc) is 3.18. The zero-order chi connectivity index (χ0) is 19.3. The van der Waals surface area contributed by atoms with Crippen molar-refractivity contribution in [1.82, 2.24) is 15.3 Å². The largest absolute Gasteiger partial charge is 0.496 e. The van der Waals surface area contributed by atoms with Crippen LogP contribution in [0.4, 0.5) is 11.5 Å². The van der Waals surface area contributed by atoms with Crippen molar-refractivity contribution >= 4 is 17.4 Å². The lowest BCUT2D eigenvalue weighted by atomic mass is 10.1. The first-order chi connectivity index (χ1) is 13.8. The van der Waals surface area contributed by atoms with Crippen LogP contribution in [0.3, 0.4) is 0 Å². The molecule has 0 saturated carbocycles. The number of carbonyl (C=O) groups is 1. The zero-order valence-electron chi connectivity index (χ0n) is 15.8. The monoisotopic (exact) mass is 374 g/mol. The number of amides is 1. The number of methoxy groups -OCH3 is 1. The summed E-state index contributed by atoms with van der Waals surface area (Å²) in [6, 6.07) is 17.8. The highest BCUT2D eigenvalue weighted by Crippen LogP contribution is 2.33. The van der Waals surface area contributed by atoms with Crippen molar-refractivity contribution in [3.05, 3.63) is 77.7 Å². The van der Waals surface area contributed by atoms with Crippen LogP contribution in [0.1, 0.15) is 21.6 Å². The van der Waals surface area contributed by atoms with Gasteiger partial charge in [0.25, 0.3) is 5.91 Å². The second-order valence-electron chi connectivity index (χ2n) is 6.61. The Morgan fingerprint density at radius 3 is 2.86 bits per heavy atom. The third-order valence-electron chi connectivity index (χ3n) is 4.92. The minimum atomic E-state index is -0.203. The lowest BCUT2D eigenvalue weighted by Gasteiger charge is -2.18. The average molecular weight is 374 g/mol. The molecule has 0 unspecified atom stereocenters. The van der Waals surface area contributed by atoms with Crippen molar-refractivity contribution in [3.63, 3.8) is 0 Å². The van der Waals surface area contributed by atoms with Crippen molar-refractivity contribution in [3.8, 4) is 5.75 Å². The van der Waals surface area contributed by atoms with Crippen LogP contribution in [0.5, 0.6) is 5.75 Å². The standard InChI is InChI=1S/C22H22N4O2/c1-28-20-9-5-3-7-17(20)10-12-23-22(27)18-14-21(25-15-24-18)26-13-11-16-6-2-4-8-19(16)26/h2-9,14-15H,10-13H2,1H3,(H,23,27). The molecule has 3 aromatic rings. The predicted octanol–water partition coefficient (Wildman–Crippen LogP) is 3.15. The number of rotatable bonds is 6. The van der Waals surface area contributed by atoms with Gasteiger partial charge in [0.1, 0.15) is 23.6 Å². The third-order valence-corrected chi connectivity index (χ3v) is 4.92. The molecule has 4 rings (SSSR count). The maximum Gasteiger partial charge on any atom is 0.270 e. The summed E-state index contributed by atoms with van der Waals surface area (Å²) in [5.74, 6) is 1.37. The number of nitrogens with one attached hydrogen (secondary N) is 1. The molecule has 1 aliphatic heterocycles. The molecule has 2 aromatic carbocycles. The van der Waals surface area contributed by atoms with Crippen molar-refractivity contribution in [2.45, 2.75) is 12.8 Å². The highest BCUT2D eigenvalue weighted by Gasteiger charge is 2.21. The summed E-state index contributed by atoms with van der Waals surface area (Å²) in [7, 11) is 1.65. The van der Waals surface area contributed by atoms with Gasteiger partial charge in [0.15, 0.2) is 0 Å². The van der Waals surface area contributed by atoms with Crippen LogP contribution in [-0.2, 0) is 12.8 Å². The molecular formula is C22H22N4O2. The molecule has 28 heavy (non-hydrogen) atoms. The smallest absolute Gasteiger partial charge is 0.270 e. The van der Waals surface area contributed by atoms with E-state index in [1.54, 1.807) is 13.2 Å². The Kier molecular flexibility index (Phi) is 5.19. The maximum atomic E-state index is 12.6. The van der Waals surface area contributed by atoms with Crippen LogP contribution in [0.2, 0.25) is 0 Å². The first-order valence-corrected chi connectivity index (χ1v) is 9.34. The number of ether oxygens (including phenoxy) is 1. The van der Waals surface area contributed by atoms with Crippen LogP contribution in [0.25, 0.3) is 0 Å². The number of para-hydroxylation sites is 2. The van der Waals surface area contributed by atoms with Gasteiger partial charge in [0.05, 0.1) is 7.11 Å². The molecule has 0 atom stereocenters. The highest BCUT2D eigenvalue weighted by atomic mass is 16.5. The molecule has 1 aromatic heterocycles. The molecule has 0 spiro atoms. The summed E-state index contributed by atoms with van der Waals surface area (Å²) < 4.78 is 5.35. The lowest BCUT2D eigenvalue weighted by molar-refractivity contribution is 0.0949. The fourth-order valence-corrected chi connectivity index (χ4v) is 3.51. The van der Waals surface area contributed by atoms with Gasteiger partial charge in [-0.3, -0.25) is 4.79 Å². The number of fused-ring (bicyclic) bond motifs is 1. The molecule has 0 bridgehead atoms. The summed E-state index contributed by atoms with van der Waals surface area (Å²) in [6.45, 7) is 1.36. The van der Waals surface area contributed by atoms with E-state index in [1.807, 2.05) is 36.4 Å². The van der Waals surface area contributed by atoms with Gasteiger partial charge >= 0.3 is 0 Å². The summed E-state index contributed by atoms with van der Waals surface area (Å²) in [4.78, 5) is 23.2. The zero-order valence-corrected chi connectivity index (χ0v) is 15.8. The lowest BCUT2D eigenvalue weighted by Crippen LogP contribution is -2.27. The van der Waals surface area contributed by atoms with Crippen molar-refractivity contribution in [2.75, 3.05) is 25.1 Å². The number of anilines is 2. The molecule has 6 heteroatoms. The van der Waals surface area contributed by atoms with E-state index >= 15 is 0 Å². The maximum absolute atomic E-state index is 12.6. The number of hydrogen-bond donors (Lipinski definition) is 1. The Morgan fingerprint density at radius 1 is 1.14 bits per heavy atom. The first-order valence-electron chi connectivity index (χ1n) is 9.34. The Bertz CT molecular complexity index is 990. The van der Waals surface area contributed by atoms with E-state index in [9.17, 15) is 4.79 Å². The van der Waals surface area contributed by atoms with E-state index in [2.05, 4.69) is 32.3 Å². The molecule has 0 saturated heterocycles. The van der Waals surface area contributed by atoms with Gasteiger partial charge in [0, 0.05) is 24.8 Å². The summed E-state index contributed by atoms with van der Waals surface area (Å²) in [6.07, 6.45) is 3.11. The van der Waals surface area contributed by atoms with Crippen LogP contribution in [0.15, 0.2) is 60.9 Å². The van der Waals surface area contributed by atoms with Crippen LogP contribution < -0.4 is 15.0 Å². The Hall–Kier alpha value is -3.41. The van der Waals surface area contributed by atoms with Crippen molar-refractivity contribution in [1.29, 1.82) is 0 Å². The van der Waals surface area contributed by atoms with Crippen LogP contribution >= 0.6 is 0 Å². The minimum absolute atomic E-state index is 0.203. The minimum Gasteiger partial charge on any atom is -0.496 e. The molecule has 0 fully saturated rings. The van der Waals surface area contributed by atoms with Gasteiger partial charge in [-0.05, 0) is 36.1 Å². The third kappa shape index (κ3) is 3.67. The number of carbonyl (C=O) groups excluding carboxylic acids is 1. The summed E-state index contributed by atoms with van der Waals surface area (Å²) in [5, 5.41) is 2.93. The highest BCUT2D eigenvalue weighted by molar-refractivity contribution is 5.93. The normalized spacial score (nSPS) is 12.5. The molecule has 1 N–H and O–H groups in total. The van der Waals surface area contributed by atoms with Gasteiger partial charge in [-0.15, -0.1) is 0 Å². The van der Waals surface area contributed by atoms with Crippen LogP contribution in [-0.4, -0.2) is 36.1 Å². The second-order valence-corrected chi connectivity index (χ2v) is 6.61. The number of nitrogens with zero attached hydrogens (tertiary/aromatic N) is 3. The molecular weight excluding hydrogens is 352 g/mol. The van der Waals surface area contributed by atoms with Gasteiger partial charge in [-0.25, -0.2) is 9.97 Å². The Balaban J connectivity index is 1.42. The molecule has 142 valence electrons. The van der Waals surface area contributed by atoms with E-state index in [0.717, 1.165) is 35.8 Å². The van der Waals surface area contributed by atoms with Gasteiger partial charge in [0.2, 0.25) is 0 Å². The predicted molar refractivity (Wildman–Crippen MR) is 108 cm³/mol. The van der Waals surface area contributed by atoms with Gasteiger partial charge < -0.3 is 15.0 Å². The summed E-state index contributed by atoms with van der Waals surface area (Å²) >= 11 is 0. The van der Waals surface area contributed by atoms with Crippen LogP contribution in [0, 0.1) is 0 Å². The van der Waals surface area contributed by atoms with E-state index in [1.165, 1.54) is 11.9 Å². The Morgan fingerprint density at radius 2 is 1.96 bits per heavy atom. The quantitative estimate of drug-likeness (QED) is 0.718. The molecule has 6 nitrogen and oxygen atoms in total. The summed E-state index contributed by atoms with van der Waals surface area (Å²) in [5.41, 5.74) is 3.87. The molecule has 1 amide bonds. The van der Waals surface area contributed by atoms with E-state index < -0.39 is 0 Å². The van der Waals surface area contributed by atoms with Crippen molar-refractivity contribution in [2.24, 2.45) is 0 Å².